The Labute approximate surface area is 120 Å². The molecule has 1 saturated heterocycles. The minimum absolute atomic E-state index is 0.304. The Kier molecular flexibility index (Phi) is 4.60. The minimum Gasteiger partial charge on any atom is -0.478 e. The zero-order chi connectivity index (χ0) is 14.7. The van der Waals surface area contributed by atoms with E-state index in [1.165, 1.54) is 6.20 Å². The van der Waals surface area contributed by atoms with Gasteiger partial charge in [-0.3, -0.25) is 4.98 Å². The maximum atomic E-state index is 11.4. The van der Waals surface area contributed by atoms with Crippen LogP contribution < -0.4 is 4.90 Å². The predicted octanol–water partition coefficient (Wildman–Crippen LogP) is 2.01. The molecule has 1 unspecified atom stereocenters. The van der Waals surface area contributed by atoms with Crippen molar-refractivity contribution in [3.05, 3.63) is 23.5 Å². The van der Waals surface area contributed by atoms with E-state index in [0.29, 0.717) is 11.6 Å². The molecular formula is C15H23N3O2. The number of carboxylic acids is 1. The number of nitrogens with zero attached hydrogens (tertiary/aromatic N) is 3. The first kappa shape index (κ1) is 14.8. The molecule has 0 radical (unpaired) electrons. The van der Waals surface area contributed by atoms with Gasteiger partial charge >= 0.3 is 5.97 Å². The molecule has 1 aromatic rings. The number of hydrogen-bond donors (Lipinski definition) is 1. The SMILES string of the molecule is CCC1CN(C)CCCN1c1cc(C)ncc1C(=O)O. The highest BCUT2D eigenvalue weighted by atomic mass is 16.4. The molecular weight excluding hydrogens is 254 g/mol. The van der Waals surface area contributed by atoms with Crippen molar-refractivity contribution in [1.82, 2.24) is 9.88 Å². The Balaban J connectivity index is 2.41. The van der Waals surface area contributed by atoms with Gasteiger partial charge in [0.1, 0.15) is 5.56 Å². The summed E-state index contributed by atoms with van der Waals surface area (Å²) in [5, 5.41) is 9.39. The van der Waals surface area contributed by atoms with E-state index in [-0.39, 0.29) is 0 Å². The highest BCUT2D eigenvalue weighted by molar-refractivity contribution is 5.94. The second-order valence-corrected chi connectivity index (χ2v) is 5.52. The summed E-state index contributed by atoms with van der Waals surface area (Å²) in [6.45, 7) is 6.98. The van der Waals surface area contributed by atoms with E-state index in [9.17, 15) is 9.90 Å². The molecule has 0 spiro atoms. The van der Waals surface area contributed by atoms with Crippen molar-refractivity contribution in [2.24, 2.45) is 0 Å². The zero-order valence-corrected chi connectivity index (χ0v) is 12.5. The summed E-state index contributed by atoms with van der Waals surface area (Å²) < 4.78 is 0. The van der Waals surface area contributed by atoms with Crippen molar-refractivity contribution in [3.8, 4) is 0 Å². The number of likely N-dealkylation sites (N-methyl/N-ethyl adjacent to an activating group) is 1. The molecule has 0 bridgehead atoms. The first-order valence-electron chi connectivity index (χ1n) is 7.18. The average Bonchev–Trinajstić information content (AvgIpc) is 2.59. The first-order valence-corrected chi connectivity index (χ1v) is 7.18. The lowest BCUT2D eigenvalue weighted by Crippen LogP contribution is -2.40. The summed E-state index contributed by atoms with van der Waals surface area (Å²) in [7, 11) is 2.13. The van der Waals surface area contributed by atoms with Crippen LogP contribution in [0.15, 0.2) is 12.3 Å². The molecule has 1 atom stereocenters. The Bertz CT molecular complexity index is 490. The smallest absolute Gasteiger partial charge is 0.339 e. The largest absolute Gasteiger partial charge is 0.478 e. The monoisotopic (exact) mass is 277 g/mol. The highest BCUT2D eigenvalue weighted by Crippen LogP contribution is 2.26. The van der Waals surface area contributed by atoms with E-state index in [1.54, 1.807) is 0 Å². The van der Waals surface area contributed by atoms with Crippen molar-refractivity contribution >= 4 is 11.7 Å². The van der Waals surface area contributed by atoms with Gasteiger partial charge in [-0.25, -0.2) is 4.79 Å². The van der Waals surface area contributed by atoms with E-state index in [4.69, 9.17) is 0 Å². The van der Waals surface area contributed by atoms with Gasteiger partial charge in [-0.15, -0.1) is 0 Å². The number of rotatable bonds is 3. The molecule has 0 aliphatic carbocycles. The van der Waals surface area contributed by atoms with Gasteiger partial charge in [-0.2, -0.15) is 0 Å². The molecule has 2 heterocycles. The van der Waals surface area contributed by atoms with Gasteiger partial charge in [0, 0.05) is 31.0 Å². The fourth-order valence-electron chi connectivity index (χ4n) is 2.86. The molecule has 1 aliphatic rings. The fraction of sp³-hybridized carbons (Fsp3) is 0.600. The first-order chi connectivity index (χ1) is 9.52. The molecule has 5 heteroatoms. The summed E-state index contributed by atoms with van der Waals surface area (Å²) in [6.07, 6.45) is 3.53. The van der Waals surface area contributed by atoms with Crippen LogP contribution in [0.3, 0.4) is 0 Å². The number of aryl methyl sites for hydroxylation is 1. The molecule has 1 fully saturated rings. The number of hydrogen-bond acceptors (Lipinski definition) is 4. The lowest BCUT2D eigenvalue weighted by Gasteiger charge is -2.33. The third-order valence-corrected chi connectivity index (χ3v) is 3.93. The van der Waals surface area contributed by atoms with Crippen LogP contribution in [-0.2, 0) is 0 Å². The number of carbonyl (C=O) groups is 1. The Morgan fingerprint density at radius 1 is 1.50 bits per heavy atom. The Hall–Kier alpha value is -1.62. The standard InChI is InChI=1S/C15H23N3O2/c1-4-12-10-17(3)6-5-7-18(12)14-8-11(2)16-9-13(14)15(19)20/h8-9,12H,4-7,10H2,1-3H3,(H,19,20). The number of anilines is 1. The molecule has 0 saturated carbocycles. The Morgan fingerprint density at radius 3 is 2.90 bits per heavy atom. The van der Waals surface area contributed by atoms with Gasteiger partial charge in [0.05, 0.1) is 5.69 Å². The molecule has 1 aliphatic heterocycles. The molecule has 0 amide bonds. The highest BCUT2D eigenvalue weighted by Gasteiger charge is 2.25. The van der Waals surface area contributed by atoms with Crippen molar-refractivity contribution in [1.29, 1.82) is 0 Å². The van der Waals surface area contributed by atoms with E-state index < -0.39 is 5.97 Å². The lowest BCUT2D eigenvalue weighted by molar-refractivity contribution is 0.0697. The average molecular weight is 277 g/mol. The minimum atomic E-state index is -0.903. The third kappa shape index (κ3) is 3.10. The van der Waals surface area contributed by atoms with Crippen LogP contribution >= 0.6 is 0 Å². The van der Waals surface area contributed by atoms with Crippen LogP contribution in [0.25, 0.3) is 0 Å². The van der Waals surface area contributed by atoms with Crippen molar-refractivity contribution < 1.29 is 9.90 Å². The van der Waals surface area contributed by atoms with Gasteiger partial charge in [-0.1, -0.05) is 6.92 Å². The second-order valence-electron chi connectivity index (χ2n) is 5.52. The zero-order valence-electron chi connectivity index (χ0n) is 12.5. The molecule has 20 heavy (non-hydrogen) atoms. The van der Waals surface area contributed by atoms with Crippen LogP contribution in [0.4, 0.5) is 5.69 Å². The van der Waals surface area contributed by atoms with Crippen molar-refractivity contribution in [2.75, 3.05) is 31.6 Å². The fourth-order valence-corrected chi connectivity index (χ4v) is 2.86. The molecule has 2 rings (SSSR count). The van der Waals surface area contributed by atoms with Crippen LogP contribution in [0, 0.1) is 6.92 Å². The number of aromatic carboxylic acids is 1. The summed E-state index contributed by atoms with van der Waals surface area (Å²) in [5.41, 5.74) is 1.98. The summed E-state index contributed by atoms with van der Waals surface area (Å²) in [6, 6.07) is 2.25. The van der Waals surface area contributed by atoms with Crippen LogP contribution in [0.1, 0.15) is 35.8 Å². The van der Waals surface area contributed by atoms with Gasteiger partial charge in [0.25, 0.3) is 0 Å². The van der Waals surface area contributed by atoms with Gasteiger partial charge in [0.2, 0.25) is 0 Å². The molecule has 5 nitrogen and oxygen atoms in total. The van der Waals surface area contributed by atoms with E-state index >= 15 is 0 Å². The molecule has 110 valence electrons. The van der Waals surface area contributed by atoms with Gasteiger partial charge in [-0.05, 0) is 39.4 Å². The topological polar surface area (TPSA) is 56.7 Å². The molecule has 0 aromatic carbocycles. The van der Waals surface area contributed by atoms with Crippen molar-refractivity contribution in [3.63, 3.8) is 0 Å². The normalized spacial score (nSPS) is 20.8. The van der Waals surface area contributed by atoms with Crippen LogP contribution in [0.2, 0.25) is 0 Å². The summed E-state index contributed by atoms with van der Waals surface area (Å²) in [4.78, 5) is 20.1. The quantitative estimate of drug-likeness (QED) is 0.916. The molecule has 1 aromatic heterocycles. The lowest BCUT2D eigenvalue weighted by atomic mass is 10.1. The maximum absolute atomic E-state index is 11.4. The van der Waals surface area contributed by atoms with Crippen LogP contribution in [0.5, 0.6) is 0 Å². The van der Waals surface area contributed by atoms with E-state index in [1.807, 2.05) is 13.0 Å². The van der Waals surface area contributed by atoms with Crippen molar-refractivity contribution in [2.45, 2.75) is 32.7 Å². The maximum Gasteiger partial charge on any atom is 0.339 e. The second kappa shape index (κ2) is 6.22. The number of aromatic nitrogens is 1. The van der Waals surface area contributed by atoms with Gasteiger partial charge in [0.15, 0.2) is 0 Å². The number of carboxylic acid groups (broad SMARTS) is 1. The van der Waals surface area contributed by atoms with Gasteiger partial charge < -0.3 is 14.9 Å². The van der Waals surface area contributed by atoms with E-state index in [2.05, 4.69) is 28.8 Å². The summed E-state index contributed by atoms with van der Waals surface area (Å²) >= 11 is 0. The predicted molar refractivity (Wildman–Crippen MR) is 79.5 cm³/mol. The third-order valence-electron chi connectivity index (χ3n) is 3.93. The molecule has 1 N–H and O–H groups in total. The van der Waals surface area contributed by atoms with E-state index in [0.717, 1.165) is 43.9 Å². The Morgan fingerprint density at radius 2 is 2.25 bits per heavy atom. The summed E-state index contributed by atoms with van der Waals surface area (Å²) in [5.74, 6) is -0.903. The van der Waals surface area contributed by atoms with Crippen LogP contribution in [-0.4, -0.2) is 53.7 Å². The number of pyridine rings is 1.